The molecule has 2 rings (SSSR count). The van der Waals surface area contributed by atoms with Gasteiger partial charge in [-0.15, -0.1) is 5.10 Å². The first-order valence-corrected chi connectivity index (χ1v) is 6.29. The Morgan fingerprint density at radius 1 is 1.30 bits per heavy atom. The van der Waals surface area contributed by atoms with E-state index in [0.29, 0.717) is 27.8 Å². The SMILES string of the molecule is COc1ccc(Nc2nnc(C)c(C)c2C#N)cc1Cl. The maximum absolute atomic E-state index is 9.23. The summed E-state index contributed by atoms with van der Waals surface area (Å²) in [5.74, 6) is 1.00. The van der Waals surface area contributed by atoms with Gasteiger partial charge in [0.15, 0.2) is 5.82 Å². The largest absolute Gasteiger partial charge is 0.495 e. The van der Waals surface area contributed by atoms with Gasteiger partial charge in [0, 0.05) is 5.69 Å². The first-order chi connectivity index (χ1) is 9.56. The third kappa shape index (κ3) is 2.65. The molecule has 0 aliphatic heterocycles. The van der Waals surface area contributed by atoms with Crippen LogP contribution in [0, 0.1) is 25.2 Å². The van der Waals surface area contributed by atoms with Gasteiger partial charge in [0.05, 0.1) is 17.8 Å². The molecular formula is C14H13ClN4O. The fourth-order valence-corrected chi connectivity index (χ4v) is 1.97. The number of halogens is 1. The highest BCUT2D eigenvalue weighted by Crippen LogP contribution is 2.29. The summed E-state index contributed by atoms with van der Waals surface area (Å²) in [6.45, 7) is 3.66. The Hall–Kier alpha value is -2.32. The molecule has 0 fully saturated rings. The van der Waals surface area contributed by atoms with Crippen molar-refractivity contribution in [1.29, 1.82) is 5.26 Å². The van der Waals surface area contributed by atoms with Crippen molar-refractivity contribution in [2.75, 3.05) is 12.4 Å². The van der Waals surface area contributed by atoms with Crippen LogP contribution in [0.3, 0.4) is 0 Å². The van der Waals surface area contributed by atoms with Crippen molar-refractivity contribution >= 4 is 23.1 Å². The van der Waals surface area contributed by atoms with Crippen LogP contribution >= 0.6 is 11.6 Å². The van der Waals surface area contributed by atoms with Crippen molar-refractivity contribution in [2.24, 2.45) is 0 Å². The second-order valence-corrected chi connectivity index (χ2v) is 4.63. The second kappa shape index (κ2) is 5.76. The van der Waals surface area contributed by atoms with Crippen LogP contribution in [0.4, 0.5) is 11.5 Å². The Labute approximate surface area is 122 Å². The number of nitrogens with zero attached hydrogens (tertiary/aromatic N) is 3. The molecule has 0 aliphatic carbocycles. The number of benzene rings is 1. The van der Waals surface area contributed by atoms with Crippen LogP contribution in [-0.2, 0) is 0 Å². The average Bonchev–Trinajstić information content (AvgIpc) is 2.43. The lowest BCUT2D eigenvalue weighted by Crippen LogP contribution is -2.03. The molecule has 1 heterocycles. The summed E-state index contributed by atoms with van der Waals surface area (Å²) in [4.78, 5) is 0. The number of hydrogen-bond acceptors (Lipinski definition) is 5. The summed E-state index contributed by atoms with van der Waals surface area (Å²) in [5.41, 5.74) is 2.73. The maximum atomic E-state index is 9.23. The van der Waals surface area contributed by atoms with Gasteiger partial charge in [-0.3, -0.25) is 0 Å². The molecular weight excluding hydrogens is 276 g/mol. The summed E-state index contributed by atoms with van der Waals surface area (Å²) in [5, 5.41) is 20.8. The molecule has 0 aliphatic rings. The van der Waals surface area contributed by atoms with Gasteiger partial charge in [-0.25, -0.2) is 0 Å². The fourth-order valence-electron chi connectivity index (χ4n) is 1.71. The molecule has 0 spiro atoms. The minimum Gasteiger partial charge on any atom is -0.495 e. The van der Waals surface area contributed by atoms with E-state index in [4.69, 9.17) is 16.3 Å². The van der Waals surface area contributed by atoms with Crippen LogP contribution in [0.1, 0.15) is 16.8 Å². The topological polar surface area (TPSA) is 70.8 Å². The van der Waals surface area contributed by atoms with Crippen molar-refractivity contribution in [2.45, 2.75) is 13.8 Å². The Balaban J connectivity index is 2.38. The number of rotatable bonds is 3. The molecule has 0 saturated carbocycles. The number of methoxy groups -OCH3 is 1. The number of nitrogens with one attached hydrogen (secondary N) is 1. The molecule has 1 aromatic carbocycles. The molecule has 0 unspecified atom stereocenters. The van der Waals surface area contributed by atoms with Crippen LogP contribution in [-0.4, -0.2) is 17.3 Å². The smallest absolute Gasteiger partial charge is 0.171 e. The van der Waals surface area contributed by atoms with Crippen LogP contribution in [0.15, 0.2) is 18.2 Å². The summed E-state index contributed by atoms with van der Waals surface area (Å²) >= 11 is 6.06. The van der Waals surface area contributed by atoms with E-state index in [2.05, 4.69) is 21.6 Å². The van der Waals surface area contributed by atoms with E-state index in [1.54, 1.807) is 25.3 Å². The van der Waals surface area contributed by atoms with Gasteiger partial charge in [-0.2, -0.15) is 10.4 Å². The Morgan fingerprint density at radius 3 is 2.65 bits per heavy atom. The number of anilines is 2. The molecule has 0 radical (unpaired) electrons. The van der Waals surface area contributed by atoms with Crippen LogP contribution < -0.4 is 10.1 Å². The van der Waals surface area contributed by atoms with E-state index in [1.165, 1.54) is 0 Å². The maximum Gasteiger partial charge on any atom is 0.171 e. The first kappa shape index (κ1) is 14.1. The second-order valence-electron chi connectivity index (χ2n) is 4.22. The zero-order valence-electron chi connectivity index (χ0n) is 11.4. The first-order valence-electron chi connectivity index (χ1n) is 5.91. The highest BCUT2D eigenvalue weighted by molar-refractivity contribution is 6.32. The summed E-state index contributed by atoms with van der Waals surface area (Å²) in [7, 11) is 1.55. The van der Waals surface area contributed by atoms with Crippen LogP contribution in [0.2, 0.25) is 5.02 Å². The predicted octanol–water partition coefficient (Wildman–Crippen LogP) is 3.37. The normalized spacial score (nSPS) is 9.95. The number of aryl methyl sites for hydroxylation is 1. The minimum atomic E-state index is 0.414. The van der Waals surface area contributed by atoms with E-state index in [1.807, 2.05) is 13.8 Å². The summed E-state index contributed by atoms with van der Waals surface area (Å²) in [6.07, 6.45) is 0. The number of ether oxygens (including phenoxy) is 1. The lowest BCUT2D eigenvalue weighted by molar-refractivity contribution is 0.415. The molecule has 6 heteroatoms. The van der Waals surface area contributed by atoms with Gasteiger partial charge in [0.25, 0.3) is 0 Å². The van der Waals surface area contributed by atoms with Crippen molar-refractivity contribution < 1.29 is 4.74 Å². The Morgan fingerprint density at radius 2 is 2.05 bits per heavy atom. The molecule has 20 heavy (non-hydrogen) atoms. The van der Waals surface area contributed by atoms with Crippen LogP contribution in [0.5, 0.6) is 5.75 Å². The van der Waals surface area contributed by atoms with E-state index in [0.717, 1.165) is 11.3 Å². The van der Waals surface area contributed by atoms with Crippen molar-refractivity contribution in [3.05, 3.63) is 40.0 Å². The zero-order chi connectivity index (χ0) is 14.7. The molecule has 1 N–H and O–H groups in total. The highest BCUT2D eigenvalue weighted by Gasteiger charge is 2.11. The lowest BCUT2D eigenvalue weighted by Gasteiger charge is -2.11. The van der Waals surface area contributed by atoms with Crippen LogP contribution in [0.25, 0.3) is 0 Å². The Bertz CT molecular complexity index is 694. The third-order valence-corrected chi connectivity index (χ3v) is 3.28. The summed E-state index contributed by atoms with van der Waals surface area (Å²) in [6, 6.07) is 7.38. The minimum absolute atomic E-state index is 0.414. The molecule has 0 amide bonds. The van der Waals surface area contributed by atoms with Gasteiger partial charge in [-0.1, -0.05) is 11.6 Å². The summed E-state index contributed by atoms with van der Waals surface area (Å²) < 4.78 is 5.09. The standard InChI is InChI=1S/C14H13ClN4O/c1-8-9(2)18-19-14(11(8)7-16)17-10-4-5-13(20-3)12(15)6-10/h4-6H,1-3H3,(H,17,19). The van der Waals surface area contributed by atoms with Gasteiger partial charge in [0.2, 0.25) is 0 Å². The molecule has 0 atom stereocenters. The molecule has 5 nitrogen and oxygen atoms in total. The molecule has 0 saturated heterocycles. The monoisotopic (exact) mass is 288 g/mol. The number of aromatic nitrogens is 2. The fraction of sp³-hybridized carbons (Fsp3) is 0.214. The van der Waals surface area contributed by atoms with Gasteiger partial charge in [-0.05, 0) is 37.6 Å². The molecule has 2 aromatic rings. The van der Waals surface area contributed by atoms with Crippen molar-refractivity contribution in [1.82, 2.24) is 10.2 Å². The molecule has 0 bridgehead atoms. The number of nitriles is 1. The number of hydrogen-bond donors (Lipinski definition) is 1. The van der Waals surface area contributed by atoms with E-state index < -0.39 is 0 Å². The lowest BCUT2D eigenvalue weighted by atomic mass is 10.1. The molecule has 1 aromatic heterocycles. The predicted molar refractivity (Wildman–Crippen MR) is 77.5 cm³/mol. The Kier molecular flexibility index (Phi) is 4.06. The molecule has 102 valence electrons. The van der Waals surface area contributed by atoms with E-state index in [9.17, 15) is 5.26 Å². The van der Waals surface area contributed by atoms with E-state index in [-0.39, 0.29) is 0 Å². The van der Waals surface area contributed by atoms with E-state index >= 15 is 0 Å². The van der Waals surface area contributed by atoms with Crippen molar-refractivity contribution in [3.63, 3.8) is 0 Å². The average molecular weight is 289 g/mol. The quantitative estimate of drug-likeness (QED) is 0.937. The van der Waals surface area contributed by atoms with Gasteiger partial charge >= 0.3 is 0 Å². The zero-order valence-corrected chi connectivity index (χ0v) is 12.1. The van der Waals surface area contributed by atoms with Gasteiger partial charge in [0.1, 0.15) is 17.4 Å². The highest BCUT2D eigenvalue weighted by atomic mass is 35.5. The van der Waals surface area contributed by atoms with Crippen molar-refractivity contribution in [3.8, 4) is 11.8 Å². The third-order valence-electron chi connectivity index (χ3n) is 2.98. The van der Waals surface area contributed by atoms with Gasteiger partial charge < -0.3 is 10.1 Å².